The number of phenols is 1. The fraction of sp³-hybridized carbons (Fsp3) is 0.269. The van der Waals surface area contributed by atoms with Crippen LogP contribution in [0.3, 0.4) is 0 Å². The van der Waals surface area contributed by atoms with Gasteiger partial charge in [-0.05, 0) is 42.7 Å². The average Bonchev–Trinajstić information content (AvgIpc) is 3.26. The molecule has 0 unspecified atom stereocenters. The monoisotopic (exact) mass is 511 g/mol. The molecule has 0 aliphatic rings. The topological polar surface area (TPSA) is 127 Å². The van der Waals surface area contributed by atoms with Gasteiger partial charge in [0.25, 0.3) is 0 Å². The minimum Gasteiger partial charge on any atom is -0.508 e. The molecule has 2 aromatic carbocycles. The van der Waals surface area contributed by atoms with Crippen LogP contribution in [-0.2, 0) is 43.3 Å². The highest BCUT2D eigenvalue weighted by Gasteiger charge is 2.27. The van der Waals surface area contributed by atoms with E-state index in [-0.39, 0.29) is 30.9 Å². The van der Waals surface area contributed by atoms with Crippen LogP contribution in [-0.4, -0.2) is 41.6 Å². The molecule has 0 radical (unpaired) electrons. The molecule has 36 heavy (non-hydrogen) atoms. The molecular formula is C26H26ClN3O6. The van der Waals surface area contributed by atoms with Crippen molar-refractivity contribution >= 4 is 34.4 Å². The van der Waals surface area contributed by atoms with Gasteiger partial charge in [-0.3, -0.25) is 9.48 Å². The van der Waals surface area contributed by atoms with Gasteiger partial charge in [0.05, 0.1) is 29.4 Å². The van der Waals surface area contributed by atoms with E-state index < -0.39 is 11.9 Å². The molecular weight excluding hydrogens is 486 g/mol. The first kappa shape index (κ1) is 25.3. The van der Waals surface area contributed by atoms with Gasteiger partial charge in [0, 0.05) is 42.7 Å². The molecule has 4 rings (SSSR count). The molecule has 9 nitrogen and oxygen atoms in total. The van der Waals surface area contributed by atoms with Crippen LogP contribution in [0.15, 0.2) is 36.4 Å². The predicted octanol–water partition coefficient (Wildman–Crippen LogP) is 4.68. The van der Waals surface area contributed by atoms with Gasteiger partial charge < -0.3 is 24.6 Å². The Balaban J connectivity index is 1.82. The van der Waals surface area contributed by atoms with Gasteiger partial charge in [-0.25, -0.2) is 4.79 Å². The number of hydrogen-bond acceptors (Lipinski definition) is 5. The smallest absolute Gasteiger partial charge is 0.352 e. The number of carbonyl (C=O) groups is 2. The number of fused-ring (bicyclic) bond motifs is 1. The van der Waals surface area contributed by atoms with E-state index in [0.29, 0.717) is 39.4 Å². The van der Waals surface area contributed by atoms with Crippen LogP contribution in [0, 0.1) is 6.92 Å². The van der Waals surface area contributed by atoms with Crippen molar-refractivity contribution in [2.24, 2.45) is 14.1 Å². The Bertz CT molecular complexity index is 1470. The molecule has 4 aromatic rings. The summed E-state index contributed by atoms with van der Waals surface area (Å²) < 4.78 is 9.20. The molecule has 0 fully saturated rings. The van der Waals surface area contributed by atoms with Gasteiger partial charge in [0.2, 0.25) is 0 Å². The summed E-state index contributed by atoms with van der Waals surface area (Å²) >= 11 is 6.72. The van der Waals surface area contributed by atoms with E-state index in [4.69, 9.17) is 16.3 Å². The van der Waals surface area contributed by atoms with E-state index in [9.17, 15) is 24.9 Å². The highest BCUT2D eigenvalue weighted by Crippen LogP contribution is 2.42. The van der Waals surface area contributed by atoms with E-state index in [0.717, 1.165) is 16.8 Å². The number of aromatic hydroxyl groups is 1. The van der Waals surface area contributed by atoms with Crippen molar-refractivity contribution in [3.63, 3.8) is 0 Å². The maximum atomic E-state index is 12.2. The Hall–Kier alpha value is -3.82. The van der Waals surface area contributed by atoms with Crippen LogP contribution in [0.2, 0.25) is 5.02 Å². The Morgan fingerprint density at radius 1 is 1.03 bits per heavy atom. The zero-order chi connectivity index (χ0) is 26.1. The molecule has 0 bridgehead atoms. The molecule has 2 aromatic heterocycles. The van der Waals surface area contributed by atoms with Crippen LogP contribution in [0.25, 0.3) is 22.0 Å². The van der Waals surface area contributed by atoms with E-state index in [1.165, 1.54) is 0 Å². The summed E-state index contributed by atoms with van der Waals surface area (Å²) in [5.74, 6) is -1.97. The number of rotatable bonds is 9. The number of aliphatic carboxylic acids is 1. The van der Waals surface area contributed by atoms with Crippen LogP contribution >= 0.6 is 11.6 Å². The van der Waals surface area contributed by atoms with Gasteiger partial charge in [-0.2, -0.15) is 5.10 Å². The summed E-state index contributed by atoms with van der Waals surface area (Å²) in [6.45, 7) is 2.37. The number of nitrogens with zero attached hydrogens (tertiary/aromatic N) is 3. The lowest BCUT2D eigenvalue weighted by Crippen LogP contribution is -2.09. The minimum absolute atomic E-state index is 0.0291. The fourth-order valence-corrected chi connectivity index (χ4v) is 4.80. The first-order valence-electron chi connectivity index (χ1n) is 11.2. The first-order valence-corrected chi connectivity index (χ1v) is 11.6. The van der Waals surface area contributed by atoms with E-state index in [1.54, 1.807) is 52.7 Å². The maximum absolute atomic E-state index is 12.2. The summed E-state index contributed by atoms with van der Waals surface area (Å²) in [5.41, 5.74) is 4.77. The summed E-state index contributed by atoms with van der Waals surface area (Å²) in [4.78, 5) is 23.4. The lowest BCUT2D eigenvalue weighted by atomic mass is 9.98. The third-order valence-electron chi connectivity index (χ3n) is 6.30. The number of benzene rings is 2. The lowest BCUT2D eigenvalue weighted by molar-refractivity contribution is -0.136. The third kappa shape index (κ3) is 4.67. The van der Waals surface area contributed by atoms with Crippen molar-refractivity contribution in [3.8, 4) is 16.9 Å². The Kier molecular flexibility index (Phi) is 7.05. The van der Waals surface area contributed by atoms with Crippen LogP contribution in [0.1, 0.15) is 39.4 Å². The second kappa shape index (κ2) is 10.0. The number of carboxylic acid groups (broad SMARTS) is 2. The summed E-state index contributed by atoms with van der Waals surface area (Å²) in [5, 5.41) is 34.3. The van der Waals surface area contributed by atoms with Crippen LogP contribution in [0.4, 0.5) is 0 Å². The van der Waals surface area contributed by atoms with Gasteiger partial charge in [-0.1, -0.05) is 29.8 Å². The number of halogens is 1. The molecule has 0 saturated carbocycles. The standard InChI is InChI=1S/C26H26ClN3O6/c1-14-22(20(28-30(14)3)13-36-12-15-4-6-16(31)7-5-15)23-19(27)10-8-17-18(9-11-21(32)33)25(26(34)35)29(2)24(17)23/h4-8,10,31H,9,11-13H2,1-3H3,(H,32,33)(H,34,35). The SMILES string of the molecule is Cc1c(-c2c(Cl)ccc3c(CCC(=O)O)c(C(=O)O)n(C)c23)c(COCc2ccc(O)cc2)nn1C. The lowest BCUT2D eigenvalue weighted by Gasteiger charge is -2.12. The number of aromatic carboxylic acids is 1. The molecule has 3 N–H and O–H groups in total. The number of phenolic OH excluding ortho intramolecular Hbond substituents is 1. The Labute approximate surface area is 212 Å². The Morgan fingerprint density at radius 2 is 1.72 bits per heavy atom. The maximum Gasteiger partial charge on any atom is 0.352 e. The fourth-order valence-electron chi connectivity index (χ4n) is 4.56. The zero-order valence-corrected chi connectivity index (χ0v) is 20.8. The van der Waals surface area contributed by atoms with Crippen molar-refractivity contribution in [1.29, 1.82) is 0 Å². The van der Waals surface area contributed by atoms with Gasteiger partial charge in [0.1, 0.15) is 11.4 Å². The van der Waals surface area contributed by atoms with E-state index in [1.807, 2.05) is 14.0 Å². The Morgan fingerprint density at radius 3 is 2.36 bits per heavy atom. The molecule has 188 valence electrons. The normalized spacial score (nSPS) is 11.3. The number of ether oxygens (including phenoxy) is 1. The largest absolute Gasteiger partial charge is 0.508 e. The molecule has 0 aliphatic heterocycles. The van der Waals surface area contributed by atoms with Crippen LogP contribution < -0.4 is 0 Å². The number of hydrogen-bond donors (Lipinski definition) is 3. The molecule has 0 amide bonds. The molecule has 0 saturated heterocycles. The second-order valence-corrected chi connectivity index (χ2v) is 9.00. The van der Waals surface area contributed by atoms with E-state index in [2.05, 4.69) is 5.10 Å². The molecule has 10 heteroatoms. The van der Waals surface area contributed by atoms with Crippen molar-refractivity contribution in [2.45, 2.75) is 33.0 Å². The number of aryl methyl sites for hydroxylation is 3. The predicted molar refractivity (Wildman–Crippen MR) is 134 cm³/mol. The second-order valence-electron chi connectivity index (χ2n) is 8.59. The van der Waals surface area contributed by atoms with E-state index >= 15 is 0 Å². The molecule has 0 aliphatic carbocycles. The molecule has 2 heterocycles. The highest BCUT2D eigenvalue weighted by atomic mass is 35.5. The van der Waals surface area contributed by atoms with Crippen LogP contribution in [0.5, 0.6) is 5.75 Å². The summed E-state index contributed by atoms with van der Waals surface area (Å²) in [6.07, 6.45) is -0.121. The van der Waals surface area contributed by atoms with Gasteiger partial charge in [0.15, 0.2) is 0 Å². The van der Waals surface area contributed by atoms with Gasteiger partial charge >= 0.3 is 11.9 Å². The van der Waals surface area contributed by atoms with Crippen molar-refractivity contribution in [3.05, 3.63) is 69.6 Å². The zero-order valence-electron chi connectivity index (χ0n) is 20.1. The first-order chi connectivity index (χ1) is 17.1. The number of aromatic nitrogens is 3. The van der Waals surface area contributed by atoms with Gasteiger partial charge in [-0.15, -0.1) is 0 Å². The summed E-state index contributed by atoms with van der Waals surface area (Å²) in [7, 11) is 3.45. The minimum atomic E-state index is -1.14. The van der Waals surface area contributed by atoms with Crippen molar-refractivity contribution in [2.75, 3.05) is 0 Å². The quantitative estimate of drug-likeness (QED) is 0.298. The summed E-state index contributed by atoms with van der Waals surface area (Å²) in [6, 6.07) is 10.2. The number of carboxylic acids is 2. The van der Waals surface area contributed by atoms with Crippen molar-refractivity contribution < 1.29 is 29.6 Å². The molecule has 0 spiro atoms. The highest BCUT2D eigenvalue weighted by molar-refractivity contribution is 6.35. The average molecular weight is 512 g/mol. The van der Waals surface area contributed by atoms with Crippen molar-refractivity contribution in [1.82, 2.24) is 14.3 Å². The molecule has 0 atom stereocenters. The third-order valence-corrected chi connectivity index (χ3v) is 6.62.